The second-order valence-electron chi connectivity index (χ2n) is 16.7. The lowest BCUT2D eigenvalue weighted by molar-refractivity contribution is -0.167. The Morgan fingerprint density at radius 1 is 0.351 bits per heavy atom. The molecule has 0 aliphatic heterocycles. The maximum absolute atomic E-state index is 12.7. The van der Waals surface area contributed by atoms with E-state index in [1.165, 1.54) is 154 Å². The average Bonchev–Trinajstić information content (AvgIpc) is 3.21. The molecule has 334 valence electrons. The zero-order chi connectivity index (χ0) is 41.5. The van der Waals surface area contributed by atoms with Crippen molar-refractivity contribution in [3.63, 3.8) is 0 Å². The Kier molecular flexibility index (Phi) is 44.9. The van der Waals surface area contributed by atoms with E-state index in [0.29, 0.717) is 19.3 Å². The minimum Gasteiger partial charge on any atom is -0.462 e. The van der Waals surface area contributed by atoms with Gasteiger partial charge in [0.1, 0.15) is 13.2 Å². The lowest BCUT2D eigenvalue weighted by Gasteiger charge is -2.18. The lowest BCUT2D eigenvalue weighted by Crippen LogP contribution is -2.30. The van der Waals surface area contributed by atoms with Crippen LogP contribution in [0.2, 0.25) is 0 Å². The summed E-state index contributed by atoms with van der Waals surface area (Å²) in [6.07, 6.45) is 51.6. The minimum absolute atomic E-state index is 0.0696. The maximum atomic E-state index is 12.7. The van der Waals surface area contributed by atoms with Gasteiger partial charge in [-0.2, -0.15) is 0 Å². The molecule has 0 fully saturated rings. The molecule has 0 saturated heterocycles. The lowest BCUT2D eigenvalue weighted by atomic mass is 10.0. The van der Waals surface area contributed by atoms with Gasteiger partial charge in [-0.3, -0.25) is 14.4 Å². The van der Waals surface area contributed by atoms with Crippen LogP contribution >= 0.6 is 0 Å². The highest BCUT2D eigenvalue weighted by Crippen LogP contribution is 2.15. The van der Waals surface area contributed by atoms with Crippen molar-refractivity contribution in [1.29, 1.82) is 0 Å². The number of hydrogen-bond acceptors (Lipinski definition) is 6. The van der Waals surface area contributed by atoms with E-state index in [0.717, 1.165) is 70.6 Å². The van der Waals surface area contributed by atoms with Crippen LogP contribution in [0, 0.1) is 0 Å². The molecule has 0 heterocycles. The Bertz CT molecular complexity index is 927. The summed E-state index contributed by atoms with van der Waals surface area (Å²) in [4.78, 5) is 37.8. The van der Waals surface area contributed by atoms with Crippen LogP contribution in [0.3, 0.4) is 0 Å². The van der Waals surface area contributed by atoms with Gasteiger partial charge in [0.05, 0.1) is 0 Å². The normalized spacial score (nSPS) is 12.1. The van der Waals surface area contributed by atoms with Gasteiger partial charge in [-0.25, -0.2) is 0 Å². The van der Waals surface area contributed by atoms with E-state index >= 15 is 0 Å². The summed E-state index contributed by atoms with van der Waals surface area (Å²) in [6, 6.07) is 0. The summed E-state index contributed by atoms with van der Waals surface area (Å²) in [5.41, 5.74) is 0. The van der Waals surface area contributed by atoms with Gasteiger partial charge in [0, 0.05) is 19.3 Å². The van der Waals surface area contributed by atoms with Crippen molar-refractivity contribution in [1.82, 2.24) is 0 Å². The van der Waals surface area contributed by atoms with Gasteiger partial charge >= 0.3 is 17.9 Å². The van der Waals surface area contributed by atoms with Crippen LogP contribution < -0.4 is 0 Å². The number of carbonyl (C=O) groups excluding carboxylic acids is 3. The fraction of sp³-hybridized carbons (Fsp3) is 0.863. The molecule has 0 unspecified atom stereocenters. The van der Waals surface area contributed by atoms with Crippen LogP contribution in [0.5, 0.6) is 0 Å². The van der Waals surface area contributed by atoms with Crippen LogP contribution in [0.25, 0.3) is 0 Å². The van der Waals surface area contributed by atoms with E-state index in [2.05, 4.69) is 45.1 Å². The summed E-state index contributed by atoms with van der Waals surface area (Å²) in [5, 5.41) is 0. The van der Waals surface area contributed by atoms with Gasteiger partial charge in [-0.1, -0.05) is 218 Å². The monoisotopic (exact) mass is 803 g/mol. The smallest absolute Gasteiger partial charge is 0.306 e. The van der Waals surface area contributed by atoms with Crippen molar-refractivity contribution in [2.24, 2.45) is 0 Å². The molecule has 0 N–H and O–H groups in total. The van der Waals surface area contributed by atoms with Gasteiger partial charge in [-0.15, -0.1) is 0 Å². The zero-order valence-electron chi connectivity index (χ0n) is 38.1. The Morgan fingerprint density at radius 3 is 1.00 bits per heavy atom. The second-order valence-corrected chi connectivity index (χ2v) is 16.7. The SMILES string of the molecule is CCCCC/C=C\C/C=C\CCCCCCCCCC(=O)OC[C@@H](COC(=O)CCCCCCCCCCC)OC(=O)CCCCCCCCCCCCCCC. The number of carbonyl (C=O) groups is 3. The Morgan fingerprint density at radius 2 is 0.632 bits per heavy atom. The number of ether oxygens (including phenoxy) is 3. The molecule has 0 aliphatic rings. The summed E-state index contributed by atoms with van der Waals surface area (Å²) < 4.78 is 16.7. The third-order valence-electron chi connectivity index (χ3n) is 11.0. The molecule has 6 nitrogen and oxygen atoms in total. The first kappa shape index (κ1) is 54.9. The molecule has 0 aliphatic carbocycles. The topological polar surface area (TPSA) is 78.9 Å². The van der Waals surface area contributed by atoms with E-state index in [1.54, 1.807) is 0 Å². The summed E-state index contributed by atoms with van der Waals surface area (Å²) in [6.45, 7) is 6.60. The van der Waals surface area contributed by atoms with Crippen LogP contribution in [-0.2, 0) is 28.6 Å². The third kappa shape index (κ3) is 44.8. The molecular formula is C51H94O6. The zero-order valence-corrected chi connectivity index (χ0v) is 38.1. The van der Waals surface area contributed by atoms with E-state index in [4.69, 9.17) is 14.2 Å². The fourth-order valence-electron chi connectivity index (χ4n) is 7.18. The maximum Gasteiger partial charge on any atom is 0.306 e. The van der Waals surface area contributed by atoms with Crippen molar-refractivity contribution in [3.05, 3.63) is 24.3 Å². The molecule has 0 radical (unpaired) electrons. The molecule has 0 spiro atoms. The Hall–Kier alpha value is -2.11. The first-order valence-electron chi connectivity index (χ1n) is 24.8. The molecule has 0 rings (SSSR count). The van der Waals surface area contributed by atoms with E-state index < -0.39 is 6.10 Å². The van der Waals surface area contributed by atoms with E-state index in [-0.39, 0.29) is 31.1 Å². The van der Waals surface area contributed by atoms with Gasteiger partial charge < -0.3 is 14.2 Å². The molecule has 57 heavy (non-hydrogen) atoms. The van der Waals surface area contributed by atoms with Gasteiger partial charge in [0.15, 0.2) is 6.10 Å². The molecular weight excluding hydrogens is 709 g/mol. The van der Waals surface area contributed by atoms with Crippen molar-refractivity contribution in [2.75, 3.05) is 13.2 Å². The molecule has 0 aromatic heterocycles. The Balaban J connectivity index is 4.30. The summed E-state index contributed by atoms with van der Waals surface area (Å²) in [5.74, 6) is -0.870. The van der Waals surface area contributed by atoms with Crippen molar-refractivity contribution >= 4 is 17.9 Å². The van der Waals surface area contributed by atoms with Gasteiger partial charge in [0.2, 0.25) is 0 Å². The molecule has 0 saturated carbocycles. The molecule has 0 aromatic rings. The number of rotatable bonds is 45. The van der Waals surface area contributed by atoms with E-state index in [9.17, 15) is 14.4 Å². The molecule has 0 amide bonds. The van der Waals surface area contributed by atoms with Gasteiger partial charge in [0.25, 0.3) is 0 Å². The van der Waals surface area contributed by atoms with Crippen molar-refractivity contribution < 1.29 is 28.6 Å². The number of unbranched alkanes of at least 4 members (excludes halogenated alkanes) is 30. The van der Waals surface area contributed by atoms with Gasteiger partial charge in [-0.05, 0) is 51.4 Å². The number of hydrogen-bond donors (Lipinski definition) is 0. The largest absolute Gasteiger partial charge is 0.462 e. The summed E-state index contributed by atoms with van der Waals surface area (Å²) in [7, 11) is 0. The predicted octanol–water partition coefficient (Wildman–Crippen LogP) is 16.0. The highest BCUT2D eigenvalue weighted by atomic mass is 16.6. The quantitative estimate of drug-likeness (QED) is 0.0264. The van der Waals surface area contributed by atoms with Crippen molar-refractivity contribution in [3.8, 4) is 0 Å². The first-order valence-corrected chi connectivity index (χ1v) is 24.8. The average molecular weight is 803 g/mol. The standard InChI is InChI=1S/C51H94O6/c1-4-7-10-13-16-19-21-23-24-25-26-28-29-32-35-38-41-44-50(53)56-47-48(46-55-49(52)43-40-37-34-31-18-15-12-9-6-3)57-51(54)45-42-39-36-33-30-27-22-20-17-14-11-8-5-2/h16,19,23-24,48H,4-15,17-18,20-22,25-47H2,1-3H3/b19-16-,24-23-/t48-/m1/s1. The number of allylic oxidation sites excluding steroid dienone is 4. The Labute approximate surface area is 353 Å². The predicted molar refractivity (Wildman–Crippen MR) is 243 cm³/mol. The van der Waals surface area contributed by atoms with Crippen LogP contribution in [0.15, 0.2) is 24.3 Å². The second kappa shape index (κ2) is 46.6. The minimum atomic E-state index is -0.766. The summed E-state index contributed by atoms with van der Waals surface area (Å²) >= 11 is 0. The van der Waals surface area contributed by atoms with Crippen LogP contribution in [0.4, 0.5) is 0 Å². The fourth-order valence-corrected chi connectivity index (χ4v) is 7.18. The molecule has 1 atom stereocenters. The van der Waals surface area contributed by atoms with Crippen molar-refractivity contribution in [2.45, 2.75) is 271 Å². The number of esters is 3. The highest BCUT2D eigenvalue weighted by molar-refractivity contribution is 5.71. The van der Waals surface area contributed by atoms with Crippen LogP contribution in [0.1, 0.15) is 265 Å². The highest BCUT2D eigenvalue weighted by Gasteiger charge is 2.19. The third-order valence-corrected chi connectivity index (χ3v) is 11.0. The van der Waals surface area contributed by atoms with Crippen LogP contribution in [-0.4, -0.2) is 37.2 Å². The molecule has 0 bridgehead atoms. The first-order chi connectivity index (χ1) is 28.0. The van der Waals surface area contributed by atoms with E-state index in [1.807, 2.05) is 0 Å². The molecule has 0 aromatic carbocycles. The molecule has 6 heteroatoms.